The fourth-order valence-corrected chi connectivity index (χ4v) is 2.11. The molecule has 0 heterocycles. The highest BCUT2D eigenvalue weighted by molar-refractivity contribution is 9.10. The average molecular weight is 400 g/mol. The molecular formula is C17H13BrF3NO2. The number of ether oxygens (including phenoxy) is 1. The fraction of sp³-hybridized carbons (Fsp3) is 0.118. The second-order valence-corrected chi connectivity index (χ2v) is 5.76. The molecule has 0 saturated carbocycles. The molecule has 2 aromatic rings. The molecular weight excluding hydrogens is 387 g/mol. The molecule has 0 aliphatic rings. The summed E-state index contributed by atoms with van der Waals surface area (Å²) in [5.74, 6) is -0.651. The number of amides is 1. The smallest absolute Gasteiger partial charge is 0.406 e. The molecule has 0 aliphatic heterocycles. The number of hydrogen-bond donors (Lipinski definition) is 1. The zero-order valence-electron chi connectivity index (χ0n) is 12.5. The van der Waals surface area contributed by atoms with E-state index in [1.807, 2.05) is 19.1 Å². The van der Waals surface area contributed by atoms with Crippen molar-refractivity contribution in [3.05, 3.63) is 64.1 Å². The number of nitrogens with one attached hydrogen (secondary N) is 1. The summed E-state index contributed by atoms with van der Waals surface area (Å²) in [6, 6.07) is 10.6. The van der Waals surface area contributed by atoms with Gasteiger partial charge in [0.1, 0.15) is 5.75 Å². The van der Waals surface area contributed by atoms with E-state index in [9.17, 15) is 18.0 Å². The van der Waals surface area contributed by atoms with Gasteiger partial charge >= 0.3 is 6.36 Å². The van der Waals surface area contributed by atoms with Gasteiger partial charge in [0.15, 0.2) is 0 Å². The van der Waals surface area contributed by atoms with Crippen molar-refractivity contribution in [2.75, 3.05) is 5.32 Å². The maximum absolute atomic E-state index is 12.1. The van der Waals surface area contributed by atoms with E-state index in [-0.39, 0.29) is 11.7 Å². The molecule has 0 fully saturated rings. The second-order valence-electron chi connectivity index (χ2n) is 4.90. The van der Waals surface area contributed by atoms with Crippen LogP contribution in [0.1, 0.15) is 11.1 Å². The quantitative estimate of drug-likeness (QED) is 0.707. The van der Waals surface area contributed by atoms with Crippen molar-refractivity contribution in [3.63, 3.8) is 0 Å². The summed E-state index contributed by atoms with van der Waals surface area (Å²) < 4.78 is 40.9. The molecule has 126 valence electrons. The average Bonchev–Trinajstić information content (AvgIpc) is 2.49. The highest BCUT2D eigenvalue weighted by Crippen LogP contribution is 2.23. The van der Waals surface area contributed by atoms with Crippen molar-refractivity contribution in [2.45, 2.75) is 13.3 Å². The Morgan fingerprint density at radius 2 is 1.83 bits per heavy atom. The van der Waals surface area contributed by atoms with Crippen molar-refractivity contribution in [2.24, 2.45) is 0 Å². The predicted octanol–water partition coefficient (Wildman–Crippen LogP) is 5.31. The standard InChI is InChI=1S/C17H13BrF3NO2/c1-11-10-13(5-8-15(11)18)22-16(23)9-4-12-2-6-14(7-3-12)24-17(19,20)21/h2-10H,1H3,(H,22,23)/b9-4+. The van der Waals surface area contributed by atoms with Gasteiger partial charge in [0.25, 0.3) is 0 Å². The Morgan fingerprint density at radius 3 is 2.42 bits per heavy atom. The molecule has 0 saturated heterocycles. The Balaban J connectivity index is 1.97. The lowest BCUT2D eigenvalue weighted by Crippen LogP contribution is -2.16. The molecule has 0 unspecified atom stereocenters. The van der Waals surface area contributed by atoms with Crippen molar-refractivity contribution in [3.8, 4) is 5.75 Å². The first-order chi connectivity index (χ1) is 11.2. The number of halogens is 4. The Morgan fingerprint density at radius 1 is 1.17 bits per heavy atom. The maximum atomic E-state index is 12.1. The molecule has 0 aliphatic carbocycles. The summed E-state index contributed by atoms with van der Waals surface area (Å²) in [6.07, 6.45) is -1.92. The lowest BCUT2D eigenvalue weighted by molar-refractivity contribution is -0.274. The number of hydrogen-bond acceptors (Lipinski definition) is 2. The van der Waals surface area contributed by atoms with Gasteiger partial charge in [-0.1, -0.05) is 28.1 Å². The minimum absolute atomic E-state index is 0.311. The first kappa shape index (κ1) is 18.1. The van der Waals surface area contributed by atoms with E-state index in [2.05, 4.69) is 26.0 Å². The minimum Gasteiger partial charge on any atom is -0.406 e. The Hall–Kier alpha value is -2.28. The summed E-state index contributed by atoms with van der Waals surface area (Å²) in [5, 5.41) is 2.70. The van der Waals surface area contributed by atoms with Crippen LogP contribution in [0.15, 0.2) is 53.0 Å². The normalized spacial score (nSPS) is 11.5. The minimum atomic E-state index is -4.72. The maximum Gasteiger partial charge on any atom is 0.573 e. The molecule has 0 atom stereocenters. The first-order valence-electron chi connectivity index (χ1n) is 6.84. The molecule has 1 amide bonds. The zero-order chi connectivity index (χ0) is 17.7. The molecule has 0 spiro atoms. The third-order valence-electron chi connectivity index (χ3n) is 2.97. The van der Waals surface area contributed by atoms with Gasteiger partial charge in [-0.25, -0.2) is 0 Å². The van der Waals surface area contributed by atoms with Crippen LogP contribution in [0, 0.1) is 6.92 Å². The summed E-state index contributed by atoms with van der Waals surface area (Å²) in [6.45, 7) is 1.90. The summed E-state index contributed by atoms with van der Waals surface area (Å²) >= 11 is 3.37. The number of alkyl halides is 3. The van der Waals surface area contributed by atoms with Crippen molar-refractivity contribution >= 4 is 33.6 Å². The topological polar surface area (TPSA) is 38.3 Å². The van der Waals surface area contributed by atoms with Gasteiger partial charge < -0.3 is 10.1 Å². The van der Waals surface area contributed by atoms with Gasteiger partial charge in [0.05, 0.1) is 0 Å². The summed E-state index contributed by atoms with van der Waals surface area (Å²) in [4.78, 5) is 11.9. The number of benzene rings is 2. The van der Waals surface area contributed by atoms with Crippen molar-refractivity contribution in [1.29, 1.82) is 0 Å². The highest BCUT2D eigenvalue weighted by Gasteiger charge is 2.30. The Bertz CT molecular complexity index is 755. The Kier molecular flexibility index (Phi) is 5.66. The van der Waals surface area contributed by atoms with Gasteiger partial charge in [-0.05, 0) is 54.5 Å². The van der Waals surface area contributed by atoms with Crippen LogP contribution in [0.4, 0.5) is 18.9 Å². The van der Waals surface area contributed by atoms with Crippen LogP contribution >= 0.6 is 15.9 Å². The lowest BCUT2D eigenvalue weighted by Gasteiger charge is -2.08. The molecule has 24 heavy (non-hydrogen) atoms. The van der Waals surface area contributed by atoms with Crippen molar-refractivity contribution < 1.29 is 22.7 Å². The third-order valence-corrected chi connectivity index (χ3v) is 3.86. The highest BCUT2D eigenvalue weighted by atomic mass is 79.9. The van der Waals surface area contributed by atoms with E-state index < -0.39 is 6.36 Å². The van der Waals surface area contributed by atoms with E-state index in [4.69, 9.17) is 0 Å². The van der Waals surface area contributed by atoms with Gasteiger partial charge in [0, 0.05) is 16.2 Å². The van der Waals surface area contributed by atoms with Crippen LogP contribution < -0.4 is 10.1 Å². The number of rotatable bonds is 4. The summed E-state index contributed by atoms with van der Waals surface area (Å²) in [5.41, 5.74) is 2.21. The lowest BCUT2D eigenvalue weighted by atomic mass is 10.2. The second kappa shape index (κ2) is 7.53. The molecule has 0 aromatic heterocycles. The van der Waals surface area contributed by atoms with E-state index >= 15 is 0 Å². The molecule has 7 heteroatoms. The molecule has 2 rings (SSSR count). The van der Waals surface area contributed by atoms with Crippen molar-refractivity contribution in [1.82, 2.24) is 0 Å². The number of aryl methyl sites for hydroxylation is 1. The molecule has 0 radical (unpaired) electrons. The number of carbonyl (C=O) groups is 1. The monoisotopic (exact) mass is 399 g/mol. The van der Waals surface area contributed by atoms with Gasteiger partial charge in [-0.15, -0.1) is 13.2 Å². The fourth-order valence-electron chi connectivity index (χ4n) is 1.86. The van der Waals surface area contributed by atoms with Crippen LogP contribution in [0.5, 0.6) is 5.75 Å². The SMILES string of the molecule is Cc1cc(NC(=O)/C=C/c2ccc(OC(F)(F)F)cc2)ccc1Br. The van der Waals surface area contributed by atoms with Crippen LogP contribution in [0.2, 0.25) is 0 Å². The van der Waals surface area contributed by atoms with Crippen LogP contribution in [0.25, 0.3) is 6.08 Å². The van der Waals surface area contributed by atoms with Crippen LogP contribution in [0.3, 0.4) is 0 Å². The number of carbonyl (C=O) groups excluding carboxylic acids is 1. The molecule has 0 bridgehead atoms. The van der Waals surface area contributed by atoms with Gasteiger partial charge in [-0.3, -0.25) is 4.79 Å². The van der Waals surface area contributed by atoms with E-state index in [1.165, 1.54) is 36.4 Å². The third kappa shape index (κ3) is 5.73. The zero-order valence-corrected chi connectivity index (χ0v) is 14.1. The van der Waals surface area contributed by atoms with Gasteiger partial charge in [0.2, 0.25) is 5.91 Å². The molecule has 3 nitrogen and oxygen atoms in total. The number of anilines is 1. The van der Waals surface area contributed by atoms with E-state index in [0.717, 1.165) is 10.0 Å². The predicted molar refractivity (Wildman–Crippen MR) is 89.7 cm³/mol. The molecule has 1 N–H and O–H groups in total. The summed E-state index contributed by atoms with van der Waals surface area (Å²) in [7, 11) is 0. The van der Waals surface area contributed by atoms with Crippen LogP contribution in [-0.4, -0.2) is 12.3 Å². The van der Waals surface area contributed by atoms with E-state index in [0.29, 0.717) is 11.3 Å². The first-order valence-corrected chi connectivity index (χ1v) is 7.63. The van der Waals surface area contributed by atoms with Crippen LogP contribution in [-0.2, 0) is 4.79 Å². The van der Waals surface area contributed by atoms with E-state index in [1.54, 1.807) is 6.07 Å². The Labute approximate surface area is 145 Å². The van der Waals surface area contributed by atoms with Gasteiger partial charge in [-0.2, -0.15) is 0 Å². The molecule has 2 aromatic carbocycles. The largest absolute Gasteiger partial charge is 0.573 e.